The molecule has 2 aliphatic rings. The third kappa shape index (κ3) is 8.89. The molecule has 0 saturated heterocycles. The average molecular weight is 335 g/mol. The van der Waals surface area contributed by atoms with E-state index in [4.69, 9.17) is 4.74 Å². The van der Waals surface area contributed by atoms with Crippen molar-refractivity contribution in [1.29, 1.82) is 0 Å². The van der Waals surface area contributed by atoms with Gasteiger partial charge in [-0.25, -0.2) is 0 Å². The van der Waals surface area contributed by atoms with Gasteiger partial charge in [0.25, 0.3) is 0 Å². The summed E-state index contributed by atoms with van der Waals surface area (Å²) in [6.45, 7) is 2.76. The molecule has 2 nitrogen and oxygen atoms in total. The van der Waals surface area contributed by atoms with Crippen LogP contribution in [0.15, 0.2) is 12.2 Å². The van der Waals surface area contributed by atoms with Gasteiger partial charge in [-0.05, 0) is 56.3 Å². The van der Waals surface area contributed by atoms with Crippen molar-refractivity contribution in [1.82, 2.24) is 0 Å². The van der Waals surface area contributed by atoms with E-state index in [1.165, 1.54) is 83.5 Å². The first-order valence-corrected chi connectivity index (χ1v) is 10.6. The van der Waals surface area contributed by atoms with Crippen molar-refractivity contribution in [3.63, 3.8) is 0 Å². The Morgan fingerprint density at radius 3 is 2.29 bits per heavy atom. The van der Waals surface area contributed by atoms with Gasteiger partial charge in [0.05, 0.1) is 0 Å². The first-order chi connectivity index (χ1) is 11.8. The number of carbonyl (C=O) groups is 1. The maximum Gasteiger partial charge on any atom is 0.306 e. The summed E-state index contributed by atoms with van der Waals surface area (Å²) >= 11 is 0. The van der Waals surface area contributed by atoms with Crippen LogP contribution in [0.1, 0.15) is 96.8 Å². The minimum Gasteiger partial charge on any atom is -0.461 e. The molecule has 0 N–H and O–H groups in total. The molecule has 2 aliphatic carbocycles. The van der Waals surface area contributed by atoms with Gasteiger partial charge in [0, 0.05) is 6.42 Å². The topological polar surface area (TPSA) is 26.3 Å². The van der Waals surface area contributed by atoms with Crippen LogP contribution in [-0.2, 0) is 9.53 Å². The molecule has 0 unspecified atom stereocenters. The van der Waals surface area contributed by atoms with E-state index in [0.29, 0.717) is 24.9 Å². The average Bonchev–Trinajstić information content (AvgIpc) is 3.40. The van der Waals surface area contributed by atoms with Crippen LogP contribution in [-0.4, -0.2) is 12.6 Å². The molecule has 0 bridgehead atoms. The number of hydrogen-bond donors (Lipinski definition) is 0. The number of hydrogen-bond acceptors (Lipinski definition) is 2. The van der Waals surface area contributed by atoms with Crippen molar-refractivity contribution in [2.45, 2.75) is 96.8 Å². The predicted molar refractivity (Wildman–Crippen MR) is 101 cm³/mol. The Balaban J connectivity index is 1.44. The molecule has 0 aliphatic heterocycles. The third-order valence-electron chi connectivity index (χ3n) is 5.76. The lowest BCUT2D eigenvalue weighted by molar-refractivity contribution is -0.142. The molecule has 2 rings (SSSR count). The van der Waals surface area contributed by atoms with Crippen LogP contribution < -0.4 is 0 Å². The molecule has 0 heterocycles. The predicted octanol–water partition coefficient (Wildman–Crippen LogP) is 6.44. The van der Waals surface area contributed by atoms with Gasteiger partial charge in [-0.15, -0.1) is 0 Å². The van der Waals surface area contributed by atoms with Crippen molar-refractivity contribution >= 4 is 5.97 Å². The van der Waals surface area contributed by atoms with Crippen LogP contribution in [0.4, 0.5) is 0 Å². The Morgan fingerprint density at radius 1 is 0.917 bits per heavy atom. The largest absolute Gasteiger partial charge is 0.461 e. The summed E-state index contributed by atoms with van der Waals surface area (Å²) < 4.78 is 5.27. The molecule has 0 radical (unpaired) electrons. The molecule has 0 atom stereocenters. The maximum atomic E-state index is 11.5. The highest BCUT2D eigenvalue weighted by Crippen LogP contribution is 2.33. The lowest BCUT2D eigenvalue weighted by Gasteiger charge is -2.26. The molecular weight excluding hydrogens is 296 g/mol. The van der Waals surface area contributed by atoms with E-state index in [2.05, 4.69) is 19.1 Å². The normalized spacial score (nSPS) is 24.4. The highest BCUT2D eigenvalue weighted by Gasteiger charge is 2.25. The zero-order chi connectivity index (χ0) is 17.0. The van der Waals surface area contributed by atoms with Gasteiger partial charge in [-0.1, -0.05) is 64.0 Å². The summed E-state index contributed by atoms with van der Waals surface area (Å²) in [5, 5.41) is 0. The fourth-order valence-corrected chi connectivity index (χ4v) is 3.89. The molecule has 0 aromatic heterocycles. The molecular formula is C22H38O2. The maximum absolute atomic E-state index is 11.5. The molecule has 0 aromatic rings. The van der Waals surface area contributed by atoms with Gasteiger partial charge in [0.1, 0.15) is 6.61 Å². The molecule has 2 heteroatoms. The second-order valence-electron chi connectivity index (χ2n) is 8.10. The Morgan fingerprint density at radius 2 is 1.58 bits per heavy atom. The second kappa shape index (κ2) is 11.7. The number of carbonyl (C=O) groups excluding carboxylic acids is 1. The summed E-state index contributed by atoms with van der Waals surface area (Å²) in [4.78, 5) is 11.5. The van der Waals surface area contributed by atoms with Gasteiger partial charge in [-0.2, -0.15) is 0 Å². The Bertz CT molecular complexity index is 362. The number of allylic oxidation sites excluding steroid dienone is 1. The van der Waals surface area contributed by atoms with Gasteiger partial charge < -0.3 is 4.74 Å². The van der Waals surface area contributed by atoms with E-state index in [9.17, 15) is 4.79 Å². The number of rotatable bonds is 12. The fourth-order valence-electron chi connectivity index (χ4n) is 3.89. The Kier molecular flexibility index (Phi) is 9.53. The summed E-state index contributed by atoms with van der Waals surface area (Å²) in [7, 11) is 0. The van der Waals surface area contributed by atoms with Gasteiger partial charge in [0.15, 0.2) is 0 Å². The van der Waals surface area contributed by atoms with Crippen LogP contribution in [0.5, 0.6) is 0 Å². The number of ether oxygens (including phenoxy) is 1. The monoisotopic (exact) mass is 334 g/mol. The van der Waals surface area contributed by atoms with Gasteiger partial charge in [0.2, 0.25) is 0 Å². The second-order valence-corrected chi connectivity index (χ2v) is 8.10. The van der Waals surface area contributed by atoms with E-state index in [-0.39, 0.29) is 5.97 Å². The van der Waals surface area contributed by atoms with E-state index >= 15 is 0 Å². The van der Waals surface area contributed by atoms with Crippen LogP contribution in [0, 0.1) is 17.8 Å². The minimum atomic E-state index is -0.00945. The minimum absolute atomic E-state index is 0.00945. The highest BCUT2D eigenvalue weighted by atomic mass is 16.5. The first-order valence-electron chi connectivity index (χ1n) is 10.6. The van der Waals surface area contributed by atoms with Gasteiger partial charge in [-0.3, -0.25) is 4.79 Å². The number of esters is 1. The molecule has 0 amide bonds. The molecule has 0 spiro atoms. The molecule has 24 heavy (non-hydrogen) atoms. The quantitative estimate of drug-likeness (QED) is 0.233. The van der Waals surface area contributed by atoms with Crippen molar-refractivity contribution in [2.75, 3.05) is 6.61 Å². The molecule has 138 valence electrons. The van der Waals surface area contributed by atoms with Crippen LogP contribution in [0.3, 0.4) is 0 Å². The van der Waals surface area contributed by atoms with E-state index in [1.54, 1.807) is 0 Å². The zero-order valence-electron chi connectivity index (χ0n) is 15.8. The van der Waals surface area contributed by atoms with Crippen molar-refractivity contribution in [3.8, 4) is 0 Å². The third-order valence-corrected chi connectivity index (χ3v) is 5.76. The van der Waals surface area contributed by atoms with E-state index < -0.39 is 0 Å². The van der Waals surface area contributed by atoms with Crippen LogP contribution in [0.25, 0.3) is 0 Å². The zero-order valence-corrected chi connectivity index (χ0v) is 15.8. The summed E-state index contributed by atoms with van der Waals surface area (Å²) in [6, 6.07) is 0. The Hall–Kier alpha value is -0.790. The Labute approximate surface area is 149 Å². The summed E-state index contributed by atoms with van der Waals surface area (Å²) in [6.07, 6.45) is 22.8. The van der Waals surface area contributed by atoms with Gasteiger partial charge >= 0.3 is 5.97 Å². The highest BCUT2D eigenvalue weighted by molar-refractivity contribution is 5.70. The van der Waals surface area contributed by atoms with E-state index in [1.807, 2.05) is 0 Å². The van der Waals surface area contributed by atoms with Crippen molar-refractivity contribution < 1.29 is 9.53 Å². The molecule has 2 saturated carbocycles. The van der Waals surface area contributed by atoms with Crippen LogP contribution in [0.2, 0.25) is 0 Å². The summed E-state index contributed by atoms with van der Waals surface area (Å²) in [5.74, 6) is 2.30. The standard InChI is InChI=1S/C22H38O2/c1-2-3-4-5-6-7-9-19-11-13-20(14-12-19)10-8-17-24-22(23)18-21-15-16-21/h8,10,19-21H,2-7,9,11-18H2,1H3. The number of unbranched alkanes of at least 4 members (excludes halogenated alkanes) is 5. The first kappa shape index (κ1) is 19.5. The van der Waals surface area contributed by atoms with Crippen LogP contribution >= 0.6 is 0 Å². The van der Waals surface area contributed by atoms with Crippen molar-refractivity contribution in [3.05, 3.63) is 12.2 Å². The summed E-state index contributed by atoms with van der Waals surface area (Å²) in [5.41, 5.74) is 0. The fraction of sp³-hybridized carbons (Fsp3) is 0.864. The lowest BCUT2D eigenvalue weighted by Crippen LogP contribution is -2.13. The lowest BCUT2D eigenvalue weighted by atomic mass is 9.79. The van der Waals surface area contributed by atoms with Crippen molar-refractivity contribution in [2.24, 2.45) is 17.8 Å². The van der Waals surface area contributed by atoms with E-state index in [0.717, 1.165) is 5.92 Å². The smallest absolute Gasteiger partial charge is 0.306 e. The molecule has 2 fully saturated rings. The molecule has 0 aromatic carbocycles. The SMILES string of the molecule is CCCCCCCCC1CCC(C=CCOC(=O)CC2CC2)CC1.